The van der Waals surface area contributed by atoms with Gasteiger partial charge in [0.15, 0.2) is 0 Å². The van der Waals surface area contributed by atoms with Crippen LogP contribution < -0.4 is 9.88 Å². The minimum absolute atomic E-state index is 0.0380. The molecule has 0 unspecified atom stereocenters. The van der Waals surface area contributed by atoms with Crippen LogP contribution in [0.3, 0.4) is 0 Å². The standard InChI is InChI=1S/C17H16N2O2/c1-19-15-8-4-2-6-12(15)14(10-18-11-17(20)21)13-7-3-5-9-16(13)19/h2-9,18H,10-11H2,1H3/p+1. The number of fused-ring (bicyclic) bond motifs is 2. The highest BCUT2D eigenvalue weighted by molar-refractivity contribution is 5.93. The van der Waals surface area contributed by atoms with Crippen LogP contribution in [-0.4, -0.2) is 17.6 Å². The molecule has 0 saturated heterocycles. The van der Waals surface area contributed by atoms with Gasteiger partial charge in [-0.1, -0.05) is 24.3 Å². The topological polar surface area (TPSA) is 53.2 Å². The van der Waals surface area contributed by atoms with E-state index < -0.39 is 5.97 Å². The van der Waals surface area contributed by atoms with Crippen molar-refractivity contribution in [1.29, 1.82) is 0 Å². The van der Waals surface area contributed by atoms with Crippen LogP contribution in [0.15, 0.2) is 48.5 Å². The quantitative estimate of drug-likeness (QED) is 0.568. The second-order valence-corrected chi connectivity index (χ2v) is 5.07. The van der Waals surface area contributed by atoms with Crippen molar-refractivity contribution in [2.24, 2.45) is 7.05 Å². The van der Waals surface area contributed by atoms with Gasteiger partial charge >= 0.3 is 5.97 Å². The summed E-state index contributed by atoms with van der Waals surface area (Å²) in [5.74, 6) is -0.843. The number of hydrogen-bond acceptors (Lipinski definition) is 2. The Morgan fingerprint density at radius 3 is 2.10 bits per heavy atom. The molecule has 21 heavy (non-hydrogen) atoms. The third kappa shape index (κ3) is 2.45. The first-order valence-electron chi connectivity index (χ1n) is 6.89. The van der Waals surface area contributed by atoms with Crippen molar-refractivity contribution >= 4 is 27.8 Å². The fourth-order valence-corrected chi connectivity index (χ4v) is 2.80. The summed E-state index contributed by atoms with van der Waals surface area (Å²) in [6, 6.07) is 16.4. The van der Waals surface area contributed by atoms with Crippen molar-refractivity contribution < 1.29 is 14.5 Å². The van der Waals surface area contributed by atoms with Crippen LogP contribution in [0.4, 0.5) is 0 Å². The molecule has 0 fully saturated rings. The Hall–Kier alpha value is -2.46. The Morgan fingerprint density at radius 1 is 1.05 bits per heavy atom. The molecule has 4 heteroatoms. The Labute approximate surface area is 122 Å². The fourth-order valence-electron chi connectivity index (χ4n) is 2.80. The van der Waals surface area contributed by atoms with Gasteiger partial charge in [0.1, 0.15) is 7.05 Å². The van der Waals surface area contributed by atoms with Gasteiger partial charge in [0.05, 0.1) is 17.3 Å². The maximum atomic E-state index is 10.7. The van der Waals surface area contributed by atoms with Gasteiger partial charge < -0.3 is 10.4 Å². The van der Waals surface area contributed by atoms with E-state index in [0.717, 1.165) is 27.4 Å². The average Bonchev–Trinajstić information content (AvgIpc) is 2.50. The molecule has 0 amide bonds. The first-order chi connectivity index (χ1) is 10.2. The zero-order chi connectivity index (χ0) is 14.8. The minimum Gasteiger partial charge on any atom is -0.480 e. The van der Waals surface area contributed by atoms with Crippen LogP contribution in [-0.2, 0) is 18.4 Å². The first kappa shape index (κ1) is 13.5. The molecule has 0 radical (unpaired) electrons. The number of carboxylic acid groups (broad SMARTS) is 1. The number of carboxylic acids is 1. The van der Waals surface area contributed by atoms with Crippen molar-refractivity contribution in [2.45, 2.75) is 6.54 Å². The third-order valence-corrected chi connectivity index (χ3v) is 3.76. The molecule has 106 valence electrons. The molecular formula is C17H17N2O2+. The summed E-state index contributed by atoms with van der Waals surface area (Å²) in [6.45, 7) is 0.498. The largest absolute Gasteiger partial charge is 0.480 e. The Bertz CT molecular complexity index is 770. The first-order valence-corrected chi connectivity index (χ1v) is 6.89. The maximum absolute atomic E-state index is 10.7. The lowest BCUT2D eigenvalue weighted by molar-refractivity contribution is -0.617. The highest BCUT2D eigenvalue weighted by atomic mass is 16.4. The van der Waals surface area contributed by atoms with Gasteiger partial charge in [0.25, 0.3) is 0 Å². The normalized spacial score (nSPS) is 11.1. The van der Waals surface area contributed by atoms with E-state index in [4.69, 9.17) is 5.11 Å². The third-order valence-electron chi connectivity index (χ3n) is 3.76. The van der Waals surface area contributed by atoms with Crippen LogP contribution >= 0.6 is 0 Å². The molecule has 0 saturated carbocycles. The van der Waals surface area contributed by atoms with Crippen LogP contribution in [0.5, 0.6) is 0 Å². The predicted octanol–water partition coefficient (Wildman–Crippen LogP) is 1.99. The van der Waals surface area contributed by atoms with Crippen molar-refractivity contribution in [3.05, 3.63) is 54.1 Å². The zero-order valence-corrected chi connectivity index (χ0v) is 11.8. The van der Waals surface area contributed by atoms with Gasteiger partial charge in [-0.15, -0.1) is 0 Å². The minimum atomic E-state index is -0.843. The zero-order valence-electron chi connectivity index (χ0n) is 11.8. The van der Waals surface area contributed by atoms with E-state index >= 15 is 0 Å². The fraction of sp³-hybridized carbons (Fsp3) is 0.176. The van der Waals surface area contributed by atoms with E-state index in [1.165, 1.54) is 0 Å². The van der Waals surface area contributed by atoms with Crippen molar-refractivity contribution in [2.75, 3.05) is 6.54 Å². The number of pyridine rings is 1. The Balaban J connectivity index is 2.22. The summed E-state index contributed by atoms with van der Waals surface area (Å²) >= 11 is 0. The molecule has 1 heterocycles. The lowest BCUT2D eigenvalue weighted by Gasteiger charge is -2.10. The number of aromatic nitrogens is 1. The highest BCUT2D eigenvalue weighted by Crippen LogP contribution is 2.24. The number of para-hydroxylation sites is 2. The highest BCUT2D eigenvalue weighted by Gasteiger charge is 2.16. The second kappa shape index (κ2) is 5.50. The summed E-state index contributed by atoms with van der Waals surface area (Å²) in [7, 11) is 2.05. The number of hydrogen-bond donors (Lipinski definition) is 2. The molecule has 0 atom stereocenters. The average molecular weight is 281 g/mol. The van der Waals surface area contributed by atoms with Gasteiger partial charge in [0, 0.05) is 18.7 Å². The van der Waals surface area contributed by atoms with E-state index in [0.29, 0.717) is 6.54 Å². The monoisotopic (exact) mass is 281 g/mol. The van der Waals surface area contributed by atoms with Crippen molar-refractivity contribution in [1.82, 2.24) is 5.32 Å². The van der Waals surface area contributed by atoms with E-state index in [1.807, 2.05) is 24.3 Å². The molecule has 0 aliphatic rings. The number of nitrogens with zero attached hydrogens (tertiary/aromatic N) is 1. The molecule has 0 aliphatic heterocycles. The smallest absolute Gasteiger partial charge is 0.317 e. The molecule has 3 rings (SSSR count). The van der Waals surface area contributed by atoms with E-state index in [1.54, 1.807) is 0 Å². The molecule has 3 aromatic rings. The van der Waals surface area contributed by atoms with Crippen LogP contribution in [0.2, 0.25) is 0 Å². The molecule has 4 nitrogen and oxygen atoms in total. The number of rotatable bonds is 4. The summed E-state index contributed by atoms with van der Waals surface area (Å²) in [4.78, 5) is 10.7. The summed E-state index contributed by atoms with van der Waals surface area (Å²) in [6.07, 6.45) is 0. The predicted molar refractivity (Wildman–Crippen MR) is 82.0 cm³/mol. The maximum Gasteiger partial charge on any atom is 0.317 e. The van der Waals surface area contributed by atoms with Gasteiger partial charge in [-0.2, -0.15) is 4.57 Å². The Morgan fingerprint density at radius 2 is 1.57 bits per heavy atom. The molecule has 2 aromatic carbocycles. The number of benzene rings is 2. The van der Waals surface area contributed by atoms with Gasteiger partial charge in [0.2, 0.25) is 11.0 Å². The van der Waals surface area contributed by atoms with Gasteiger partial charge in [-0.25, -0.2) is 0 Å². The SMILES string of the molecule is C[n+]1c2ccccc2c(CNCC(=O)O)c2ccccc21. The number of nitrogens with one attached hydrogen (secondary N) is 1. The molecular weight excluding hydrogens is 264 g/mol. The summed E-state index contributed by atoms with van der Waals surface area (Å²) in [5.41, 5.74) is 3.42. The second-order valence-electron chi connectivity index (χ2n) is 5.07. The van der Waals surface area contributed by atoms with E-state index in [-0.39, 0.29) is 6.54 Å². The molecule has 2 N–H and O–H groups in total. The number of aliphatic carboxylic acids is 1. The number of aryl methyl sites for hydroxylation is 1. The van der Waals surface area contributed by atoms with Crippen LogP contribution in [0.25, 0.3) is 21.8 Å². The molecule has 0 bridgehead atoms. The molecule has 0 aliphatic carbocycles. The number of carbonyl (C=O) groups is 1. The lowest BCUT2D eigenvalue weighted by Crippen LogP contribution is -2.31. The van der Waals surface area contributed by atoms with Gasteiger partial charge in [-0.05, 0) is 17.7 Å². The van der Waals surface area contributed by atoms with Crippen molar-refractivity contribution in [3.8, 4) is 0 Å². The van der Waals surface area contributed by atoms with Crippen LogP contribution in [0.1, 0.15) is 5.56 Å². The summed E-state index contributed by atoms with van der Waals surface area (Å²) in [5, 5.41) is 14.1. The van der Waals surface area contributed by atoms with E-state index in [9.17, 15) is 4.79 Å². The van der Waals surface area contributed by atoms with Crippen LogP contribution in [0, 0.1) is 0 Å². The van der Waals surface area contributed by atoms with E-state index in [2.05, 4.69) is 41.2 Å². The van der Waals surface area contributed by atoms with Gasteiger partial charge in [-0.3, -0.25) is 4.79 Å². The Kier molecular flexibility index (Phi) is 3.54. The summed E-state index contributed by atoms with van der Waals surface area (Å²) < 4.78 is 2.17. The lowest BCUT2D eigenvalue weighted by atomic mass is 10.0. The molecule has 1 aromatic heterocycles. The van der Waals surface area contributed by atoms with Crippen molar-refractivity contribution in [3.63, 3.8) is 0 Å². The molecule has 0 spiro atoms.